The van der Waals surface area contributed by atoms with Crippen molar-refractivity contribution in [2.75, 3.05) is 13.2 Å². The van der Waals surface area contributed by atoms with Crippen molar-refractivity contribution in [3.8, 4) is 5.75 Å². The lowest BCUT2D eigenvalue weighted by Crippen LogP contribution is -2.32. The molecule has 0 atom stereocenters. The molecule has 2 heterocycles. The Morgan fingerprint density at radius 1 is 1.09 bits per heavy atom. The second kappa shape index (κ2) is 9.28. The summed E-state index contributed by atoms with van der Waals surface area (Å²) in [5, 5.41) is 11.6. The minimum atomic E-state index is -4.53. The van der Waals surface area contributed by atoms with Crippen LogP contribution >= 0.6 is 22.6 Å². The van der Waals surface area contributed by atoms with E-state index in [1.807, 2.05) is 0 Å². The maximum Gasteiger partial charge on any atom is 0.406 e. The van der Waals surface area contributed by atoms with E-state index in [1.165, 1.54) is 24.3 Å². The Bertz CT molecular complexity index is 1350. The lowest BCUT2D eigenvalue weighted by atomic mass is 10.1. The van der Waals surface area contributed by atoms with Gasteiger partial charge in [-0.1, -0.05) is 12.1 Å². The molecule has 0 bridgehead atoms. The van der Waals surface area contributed by atoms with Gasteiger partial charge in [0.05, 0.1) is 30.7 Å². The molecule has 0 unspecified atom stereocenters. The van der Waals surface area contributed by atoms with Gasteiger partial charge in [0, 0.05) is 13.0 Å². The molecule has 0 aliphatic carbocycles. The third-order valence-corrected chi connectivity index (χ3v) is 6.26. The van der Waals surface area contributed by atoms with E-state index < -0.39 is 47.5 Å². The van der Waals surface area contributed by atoms with Crippen molar-refractivity contribution >= 4 is 56.8 Å². The summed E-state index contributed by atoms with van der Waals surface area (Å²) in [5.74, 6) is -1.84. The Balaban J connectivity index is 1.47. The average Bonchev–Trinajstić information content (AvgIpc) is 3.22. The Labute approximate surface area is 208 Å². The number of carbonyl (C=O) groups is 3. The number of nitro benzene ring substituents is 1. The van der Waals surface area contributed by atoms with E-state index in [-0.39, 0.29) is 44.4 Å². The van der Waals surface area contributed by atoms with Gasteiger partial charge in [-0.25, -0.2) is 0 Å². The molecule has 0 N–H and O–H groups in total. The van der Waals surface area contributed by atoms with Crippen molar-refractivity contribution in [2.24, 2.45) is 0 Å². The third kappa shape index (κ3) is 4.85. The largest absolute Gasteiger partial charge is 0.479 e. The van der Waals surface area contributed by atoms with Crippen LogP contribution in [0.15, 0.2) is 42.5 Å². The number of Topliss-reactive ketones (excluding diaryl/α,β-unsaturated/α-hetero) is 1. The molecule has 35 heavy (non-hydrogen) atoms. The topological polar surface area (TPSA) is 112 Å². The van der Waals surface area contributed by atoms with Gasteiger partial charge in [0.1, 0.15) is 13.2 Å². The maximum absolute atomic E-state index is 12.9. The van der Waals surface area contributed by atoms with Crippen molar-refractivity contribution in [1.29, 1.82) is 0 Å². The molecule has 1 aliphatic rings. The first-order valence-electron chi connectivity index (χ1n) is 10.1. The molecule has 0 saturated carbocycles. The molecular weight excluding hydrogens is 586 g/mol. The Morgan fingerprint density at radius 3 is 2.29 bits per heavy atom. The zero-order valence-corrected chi connectivity index (χ0v) is 19.8. The van der Waals surface area contributed by atoms with Crippen molar-refractivity contribution in [3.05, 3.63) is 67.4 Å². The number of fused-ring (bicyclic) bond motifs is 2. The molecule has 1 aliphatic heterocycles. The number of halogens is 4. The van der Waals surface area contributed by atoms with Crippen LogP contribution in [0, 0.1) is 13.8 Å². The van der Waals surface area contributed by atoms with Crippen LogP contribution in [0.2, 0.25) is 0 Å². The number of nitro groups is 1. The molecule has 9 nitrogen and oxygen atoms in total. The number of hydrogen-bond acceptors (Lipinski definition) is 6. The molecule has 0 saturated heterocycles. The molecule has 4 rings (SSSR count). The van der Waals surface area contributed by atoms with Gasteiger partial charge in [0.2, 0.25) is 0 Å². The summed E-state index contributed by atoms with van der Waals surface area (Å²) in [7, 11) is 0. The quantitative estimate of drug-likeness (QED) is 0.164. The number of aromatic nitrogens is 1. The van der Waals surface area contributed by atoms with Gasteiger partial charge in [-0.15, -0.1) is 0 Å². The highest BCUT2D eigenvalue weighted by Gasteiger charge is 2.35. The van der Waals surface area contributed by atoms with E-state index in [1.54, 1.807) is 34.7 Å². The minimum Gasteiger partial charge on any atom is -0.479 e. The van der Waals surface area contributed by atoms with Crippen LogP contribution < -0.4 is 4.74 Å². The van der Waals surface area contributed by atoms with Gasteiger partial charge in [0.15, 0.2) is 11.5 Å². The maximum atomic E-state index is 12.9. The number of hydrogen-bond donors (Lipinski definition) is 0. The summed E-state index contributed by atoms with van der Waals surface area (Å²) in [6.07, 6.45) is -4.76. The summed E-state index contributed by atoms with van der Waals surface area (Å²) in [6, 6.07) is 9.91. The lowest BCUT2D eigenvalue weighted by Gasteiger charge is -2.13. The van der Waals surface area contributed by atoms with Gasteiger partial charge in [-0.3, -0.25) is 29.4 Å². The number of ketones is 1. The monoisotopic (exact) mass is 601 g/mol. The van der Waals surface area contributed by atoms with E-state index >= 15 is 0 Å². The van der Waals surface area contributed by atoms with Crippen LogP contribution in [0.25, 0.3) is 10.9 Å². The predicted octanol–water partition coefficient (Wildman–Crippen LogP) is 4.35. The number of nitrogens with zero attached hydrogens (tertiary/aromatic N) is 3. The highest BCUT2D eigenvalue weighted by atomic mass is 127. The second-order valence-electron chi connectivity index (χ2n) is 7.66. The molecule has 3 aromatic rings. The van der Waals surface area contributed by atoms with Crippen LogP contribution in [-0.4, -0.2) is 51.3 Å². The number of ether oxygens (including phenoxy) is 1. The Kier molecular flexibility index (Phi) is 6.53. The van der Waals surface area contributed by atoms with Crippen molar-refractivity contribution in [2.45, 2.75) is 19.1 Å². The van der Waals surface area contributed by atoms with Crippen LogP contribution in [0.1, 0.15) is 27.1 Å². The number of amides is 2. The zero-order chi connectivity index (χ0) is 25.5. The lowest BCUT2D eigenvalue weighted by molar-refractivity contribution is -0.384. The molecule has 182 valence electrons. The standard InChI is InChI=1S/C22H15F3IN3O6/c23-22(24,25)11-28-16-5-6-17(19(29(33)34)15(16)9-18(28)26)35-10-12(30)7-8-27-20(31)13-3-1-2-4-14(13)21(27)32/h1-6,9H,7-8,10-11H2. The summed E-state index contributed by atoms with van der Waals surface area (Å²) in [6.45, 7) is -2.09. The first-order chi connectivity index (χ1) is 16.5. The Hall–Kier alpha value is -3.49. The highest BCUT2D eigenvalue weighted by Crippen LogP contribution is 2.38. The van der Waals surface area contributed by atoms with Crippen LogP contribution in [0.3, 0.4) is 0 Å². The van der Waals surface area contributed by atoms with Crippen molar-refractivity contribution < 1.29 is 37.2 Å². The fourth-order valence-corrected chi connectivity index (χ4v) is 4.56. The predicted molar refractivity (Wildman–Crippen MR) is 124 cm³/mol. The van der Waals surface area contributed by atoms with E-state index in [4.69, 9.17) is 4.74 Å². The molecule has 1 aromatic heterocycles. The summed E-state index contributed by atoms with van der Waals surface area (Å²) in [5.41, 5.74) is -0.0633. The molecule has 0 fully saturated rings. The first kappa shape index (κ1) is 24.6. The van der Waals surface area contributed by atoms with Gasteiger partial charge < -0.3 is 9.30 Å². The summed E-state index contributed by atoms with van der Waals surface area (Å²) in [4.78, 5) is 48.9. The highest BCUT2D eigenvalue weighted by molar-refractivity contribution is 14.1. The van der Waals surface area contributed by atoms with E-state index in [2.05, 4.69) is 0 Å². The molecule has 2 aromatic carbocycles. The fraction of sp³-hybridized carbons (Fsp3) is 0.227. The summed E-state index contributed by atoms with van der Waals surface area (Å²) >= 11 is 1.66. The molecule has 0 spiro atoms. The van der Waals surface area contributed by atoms with Gasteiger partial charge in [-0.05, 0) is 52.9 Å². The summed E-state index contributed by atoms with van der Waals surface area (Å²) < 4.78 is 45.1. The van der Waals surface area contributed by atoms with E-state index in [0.717, 1.165) is 15.5 Å². The molecule has 0 radical (unpaired) electrons. The van der Waals surface area contributed by atoms with Crippen molar-refractivity contribution in [3.63, 3.8) is 0 Å². The Morgan fingerprint density at radius 2 is 1.71 bits per heavy atom. The van der Waals surface area contributed by atoms with Gasteiger partial charge >= 0.3 is 11.9 Å². The molecule has 13 heteroatoms. The van der Waals surface area contributed by atoms with E-state index in [0.29, 0.717) is 0 Å². The minimum absolute atomic E-state index is 0.00252. The average molecular weight is 601 g/mol. The smallest absolute Gasteiger partial charge is 0.406 e. The first-order valence-corrected chi connectivity index (χ1v) is 11.2. The third-order valence-electron chi connectivity index (χ3n) is 5.37. The normalized spacial score (nSPS) is 13.4. The SMILES string of the molecule is O=C(CCN1C(=O)c2ccccc2C1=O)COc1ccc2c(cc(I)n2CC(F)(F)F)c1[N+](=O)[O-]. The number of carbonyl (C=O) groups excluding carboxylic acids is 3. The number of rotatable bonds is 8. The molecule has 2 amide bonds. The number of imide groups is 1. The second-order valence-corrected chi connectivity index (χ2v) is 8.76. The van der Waals surface area contributed by atoms with E-state index in [9.17, 15) is 37.7 Å². The number of alkyl halides is 3. The molecular formula is C22H15F3IN3O6. The van der Waals surface area contributed by atoms with Crippen LogP contribution in [0.5, 0.6) is 5.75 Å². The van der Waals surface area contributed by atoms with Crippen LogP contribution in [0.4, 0.5) is 18.9 Å². The van der Waals surface area contributed by atoms with Gasteiger partial charge in [0.25, 0.3) is 11.8 Å². The van der Waals surface area contributed by atoms with Crippen LogP contribution in [-0.2, 0) is 11.3 Å². The zero-order valence-electron chi connectivity index (χ0n) is 17.7. The fourth-order valence-electron chi connectivity index (χ4n) is 3.82. The number of benzene rings is 2. The van der Waals surface area contributed by atoms with Crippen molar-refractivity contribution in [1.82, 2.24) is 9.47 Å². The van der Waals surface area contributed by atoms with Gasteiger partial charge in [-0.2, -0.15) is 13.2 Å².